The molecule has 0 aromatic carbocycles. The Morgan fingerprint density at radius 3 is 2.78 bits per heavy atom. The van der Waals surface area contributed by atoms with Crippen LogP contribution in [0.15, 0.2) is 10.7 Å². The molecule has 2 saturated heterocycles. The molecule has 0 unspecified atom stereocenters. The summed E-state index contributed by atoms with van der Waals surface area (Å²) in [5.74, 6) is 2.06. The smallest absolute Gasteiger partial charge is 0.186 e. The molecule has 4 atom stereocenters. The van der Waals surface area contributed by atoms with Crippen LogP contribution < -0.4 is 10.6 Å². The number of anilines is 2. The zero-order valence-corrected chi connectivity index (χ0v) is 26.4. The molecule has 0 bridgehead atoms. The number of morpholine rings is 1. The minimum Gasteiger partial charge on any atom is -0.389 e. The van der Waals surface area contributed by atoms with Gasteiger partial charge in [-0.15, -0.1) is 11.3 Å². The minimum absolute atomic E-state index is 0.103. The second-order valence-electron chi connectivity index (χ2n) is 12.9. The van der Waals surface area contributed by atoms with Crippen LogP contribution in [0.25, 0.3) is 22.6 Å². The molecule has 8 rings (SSSR count). The van der Waals surface area contributed by atoms with Crippen molar-refractivity contribution in [2.24, 2.45) is 0 Å². The number of nitrogens with zero attached hydrogens (tertiary/aromatic N) is 9. The minimum atomic E-state index is -0.541. The van der Waals surface area contributed by atoms with Crippen LogP contribution in [-0.4, -0.2) is 75.2 Å². The van der Waals surface area contributed by atoms with Gasteiger partial charge in [0.2, 0.25) is 0 Å². The fraction of sp³-hybridized carbons (Fsp3) is 0.562. The zero-order valence-electron chi connectivity index (χ0n) is 25.6. The van der Waals surface area contributed by atoms with Crippen molar-refractivity contribution in [3.63, 3.8) is 0 Å². The van der Waals surface area contributed by atoms with Gasteiger partial charge >= 0.3 is 0 Å². The molecule has 2 N–H and O–H groups in total. The summed E-state index contributed by atoms with van der Waals surface area (Å²) in [6.45, 7) is 4.73. The molecule has 4 aromatic rings. The van der Waals surface area contributed by atoms with Gasteiger partial charge in [0.25, 0.3) is 0 Å². The number of rotatable bonds is 4. The van der Waals surface area contributed by atoms with Crippen LogP contribution in [-0.2, 0) is 23.0 Å². The van der Waals surface area contributed by atoms with Crippen LogP contribution >= 0.6 is 11.3 Å². The molecule has 0 amide bonds. The maximum atomic E-state index is 10.1. The molecule has 2 aliphatic carbocycles. The lowest BCUT2D eigenvalue weighted by Crippen LogP contribution is -2.42. The van der Waals surface area contributed by atoms with E-state index in [1.165, 1.54) is 4.88 Å². The Morgan fingerprint density at radius 2 is 2.00 bits per heavy atom. The van der Waals surface area contributed by atoms with Crippen molar-refractivity contribution >= 4 is 33.2 Å². The summed E-state index contributed by atoms with van der Waals surface area (Å²) in [6, 6.07) is 5.12. The number of likely N-dealkylation sites (tertiary alicyclic amines) is 1. The molecule has 0 radical (unpaired) electrons. The molecule has 6 heterocycles. The Morgan fingerprint density at radius 1 is 1.16 bits per heavy atom. The zero-order chi connectivity index (χ0) is 30.9. The number of nitriles is 2. The van der Waals surface area contributed by atoms with Gasteiger partial charge in [-0.05, 0) is 77.4 Å². The lowest BCUT2D eigenvalue weighted by atomic mass is 9.63. The summed E-state index contributed by atoms with van der Waals surface area (Å²) in [6.07, 6.45) is 9.03. The highest BCUT2D eigenvalue weighted by atomic mass is 32.1. The van der Waals surface area contributed by atoms with Gasteiger partial charge in [-0.3, -0.25) is 0 Å². The van der Waals surface area contributed by atoms with E-state index in [0.717, 1.165) is 91.6 Å². The molecule has 1 spiro atoms. The lowest BCUT2D eigenvalue weighted by Gasteiger charge is -2.39. The molecular weight excluding hydrogens is 588 g/mol. The van der Waals surface area contributed by atoms with Crippen molar-refractivity contribution in [1.29, 1.82) is 10.5 Å². The van der Waals surface area contributed by atoms with E-state index in [0.29, 0.717) is 47.8 Å². The first-order valence-electron chi connectivity index (χ1n) is 16.0. The number of aromatic nitrogens is 5. The standard InChI is InChI=1S/C32H36N10O2S/c1-18(23-7-5-11-40(23)2)42-31-22(16-36-42)30(41-12-13-43-19(14-33)17-41)37-29(38-31)26-20-6-3-9-32(27(20)44-39-26)10-4-8-24-25(32)21(15-34)28(35)45-24/h16,18-19,23H,3-13,17,35H2,1-2H3/t18-,19+,23-,32-/m0/s1. The van der Waals surface area contributed by atoms with Crippen LogP contribution in [0.1, 0.15) is 78.8 Å². The molecule has 2 fully saturated rings. The Kier molecular flexibility index (Phi) is 6.82. The number of nitrogens with two attached hydrogens (primary N) is 1. The highest BCUT2D eigenvalue weighted by Gasteiger charge is 2.49. The van der Waals surface area contributed by atoms with Gasteiger partial charge in [-0.2, -0.15) is 15.6 Å². The molecule has 0 saturated carbocycles. The van der Waals surface area contributed by atoms with Crippen molar-refractivity contribution in [3.05, 3.63) is 33.5 Å². The quantitative estimate of drug-likeness (QED) is 0.344. The molecule has 4 aliphatic rings. The number of hydrogen-bond donors (Lipinski definition) is 1. The number of ether oxygens (including phenoxy) is 1. The number of aryl methyl sites for hydroxylation is 1. The van der Waals surface area contributed by atoms with E-state index in [9.17, 15) is 10.5 Å². The van der Waals surface area contributed by atoms with E-state index in [4.69, 9.17) is 30.1 Å². The number of fused-ring (bicyclic) bond motifs is 5. The maximum absolute atomic E-state index is 10.1. The third-order valence-electron chi connectivity index (χ3n) is 10.5. The van der Waals surface area contributed by atoms with Crippen molar-refractivity contribution in [3.8, 4) is 23.7 Å². The van der Waals surface area contributed by atoms with E-state index >= 15 is 0 Å². The number of nitrogen functional groups attached to an aromatic ring is 1. The normalized spacial score (nSPS) is 25.6. The van der Waals surface area contributed by atoms with Crippen molar-refractivity contribution in [2.75, 3.05) is 43.9 Å². The molecule has 232 valence electrons. The van der Waals surface area contributed by atoms with E-state index < -0.39 is 11.5 Å². The molecule has 4 aromatic heterocycles. The number of likely N-dealkylation sites (N-methyl/N-ethyl adjacent to an activating group) is 1. The Labute approximate surface area is 265 Å². The fourth-order valence-electron chi connectivity index (χ4n) is 8.40. The largest absolute Gasteiger partial charge is 0.389 e. The van der Waals surface area contributed by atoms with Gasteiger partial charge in [-0.25, -0.2) is 14.6 Å². The van der Waals surface area contributed by atoms with Gasteiger partial charge in [0.1, 0.15) is 16.9 Å². The summed E-state index contributed by atoms with van der Waals surface area (Å²) in [5.41, 5.74) is 9.99. The molecule has 45 heavy (non-hydrogen) atoms. The van der Waals surface area contributed by atoms with Crippen molar-refractivity contribution in [2.45, 2.75) is 81.9 Å². The summed E-state index contributed by atoms with van der Waals surface area (Å²) in [4.78, 5) is 16.0. The monoisotopic (exact) mass is 624 g/mol. The summed E-state index contributed by atoms with van der Waals surface area (Å²) in [5, 5.41) is 30.8. The fourth-order valence-corrected chi connectivity index (χ4v) is 9.56. The Hall–Kier alpha value is -4.04. The topological polar surface area (TPSA) is 159 Å². The van der Waals surface area contributed by atoms with Crippen LogP contribution in [0.2, 0.25) is 0 Å². The van der Waals surface area contributed by atoms with Crippen LogP contribution in [0.3, 0.4) is 0 Å². The van der Waals surface area contributed by atoms with Gasteiger partial charge in [0, 0.05) is 23.0 Å². The number of thiophene rings is 1. The second kappa shape index (κ2) is 10.8. The molecule has 12 nitrogen and oxygen atoms in total. The van der Waals surface area contributed by atoms with Gasteiger partial charge in [0.15, 0.2) is 29.0 Å². The van der Waals surface area contributed by atoms with Crippen molar-refractivity contribution < 1.29 is 9.26 Å². The lowest BCUT2D eigenvalue weighted by molar-refractivity contribution is 0.0762. The van der Waals surface area contributed by atoms with E-state index in [1.54, 1.807) is 11.3 Å². The molecule has 2 aliphatic heterocycles. The third kappa shape index (κ3) is 4.28. The molecular formula is C32H36N10O2S. The van der Waals surface area contributed by atoms with Gasteiger partial charge in [0.05, 0.1) is 47.8 Å². The summed E-state index contributed by atoms with van der Waals surface area (Å²) in [7, 11) is 2.18. The first-order valence-corrected chi connectivity index (χ1v) is 16.8. The Balaban J connectivity index is 1.29. The second-order valence-corrected chi connectivity index (χ2v) is 14.1. The van der Waals surface area contributed by atoms with Crippen LogP contribution in [0.5, 0.6) is 0 Å². The van der Waals surface area contributed by atoms with Crippen LogP contribution in [0.4, 0.5) is 10.8 Å². The van der Waals surface area contributed by atoms with E-state index in [-0.39, 0.29) is 6.04 Å². The predicted octanol–water partition coefficient (Wildman–Crippen LogP) is 4.34. The SMILES string of the molecule is C[C@@H]([C@@H]1CCCN1C)n1ncc2c(N3CCO[C@H](C#N)C3)nc(-c3noc4c3CCC[C@@]43CCCc4sc(N)c(C#N)c43)nc21. The maximum Gasteiger partial charge on any atom is 0.186 e. The van der Waals surface area contributed by atoms with Gasteiger partial charge in [-0.1, -0.05) is 5.16 Å². The van der Waals surface area contributed by atoms with E-state index in [2.05, 4.69) is 41.1 Å². The summed E-state index contributed by atoms with van der Waals surface area (Å²) < 4.78 is 14.0. The average Bonchev–Trinajstić information content (AvgIpc) is 3.85. The summed E-state index contributed by atoms with van der Waals surface area (Å²) >= 11 is 1.54. The predicted molar refractivity (Wildman–Crippen MR) is 169 cm³/mol. The highest BCUT2D eigenvalue weighted by molar-refractivity contribution is 7.16. The van der Waals surface area contributed by atoms with Crippen molar-refractivity contribution in [1.82, 2.24) is 29.8 Å². The first kappa shape index (κ1) is 28.4. The van der Waals surface area contributed by atoms with Crippen LogP contribution in [0, 0.1) is 22.7 Å². The number of hydrogen-bond acceptors (Lipinski definition) is 12. The van der Waals surface area contributed by atoms with Gasteiger partial charge < -0.3 is 24.8 Å². The third-order valence-corrected chi connectivity index (χ3v) is 11.6. The first-order chi connectivity index (χ1) is 21.9. The molecule has 13 heteroatoms. The Bertz CT molecular complexity index is 1880. The average molecular weight is 625 g/mol. The highest BCUT2D eigenvalue weighted by Crippen LogP contribution is 2.55. The van der Waals surface area contributed by atoms with E-state index in [1.807, 2.05) is 10.9 Å².